The van der Waals surface area contributed by atoms with Crippen molar-refractivity contribution in [3.05, 3.63) is 48.0 Å². The van der Waals surface area contributed by atoms with E-state index in [2.05, 4.69) is 34.6 Å². The summed E-state index contributed by atoms with van der Waals surface area (Å²) in [4.78, 5) is 7.13. The quantitative estimate of drug-likeness (QED) is 0.259. The maximum Gasteiger partial charge on any atom is 0.191 e. The summed E-state index contributed by atoms with van der Waals surface area (Å²) in [5.74, 6) is 2.34. The Labute approximate surface area is 208 Å². The molecule has 1 aliphatic heterocycles. The number of phenolic OH excluding ortho intramolecular Hbond substituents is 1. The lowest BCUT2D eigenvalue weighted by Gasteiger charge is -2.36. The van der Waals surface area contributed by atoms with Crippen LogP contribution in [0.2, 0.25) is 0 Å². The summed E-state index contributed by atoms with van der Waals surface area (Å²) in [5.41, 5.74) is 2.11. The first-order valence-electron chi connectivity index (χ1n) is 11.0. The summed E-state index contributed by atoms with van der Waals surface area (Å²) < 4.78 is 11.0. The lowest BCUT2D eigenvalue weighted by atomic mass is 10.0. The summed E-state index contributed by atoms with van der Waals surface area (Å²) in [6.07, 6.45) is 2.19. The Balaban J connectivity index is 0.00000363. The second-order valence-corrected chi connectivity index (χ2v) is 7.53. The second kappa shape index (κ2) is 13.2. The Morgan fingerprint density at radius 1 is 1.19 bits per heavy atom. The van der Waals surface area contributed by atoms with Gasteiger partial charge in [-0.2, -0.15) is 0 Å². The number of ether oxygens (including phenoxy) is 2. The van der Waals surface area contributed by atoms with Crippen LogP contribution in [0.4, 0.5) is 5.69 Å². The summed E-state index contributed by atoms with van der Waals surface area (Å²) in [6, 6.07) is 13.8. The monoisotopic (exact) mass is 554 g/mol. The second-order valence-electron chi connectivity index (χ2n) is 7.53. The van der Waals surface area contributed by atoms with E-state index in [4.69, 9.17) is 14.5 Å². The molecule has 176 valence electrons. The van der Waals surface area contributed by atoms with Crippen LogP contribution in [0.25, 0.3) is 0 Å². The molecule has 1 aliphatic rings. The molecule has 32 heavy (non-hydrogen) atoms. The Morgan fingerprint density at radius 3 is 2.75 bits per heavy atom. The zero-order chi connectivity index (χ0) is 22.1. The van der Waals surface area contributed by atoms with E-state index >= 15 is 0 Å². The average molecular weight is 554 g/mol. The fourth-order valence-corrected chi connectivity index (χ4v) is 3.82. The van der Waals surface area contributed by atoms with Crippen LogP contribution < -0.4 is 25.0 Å². The van der Waals surface area contributed by atoms with Crippen molar-refractivity contribution in [2.24, 2.45) is 4.99 Å². The molecule has 0 bridgehead atoms. The lowest BCUT2D eigenvalue weighted by Crippen LogP contribution is -2.51. The van der Waals surface area contributed by atoms with Crippen LogP contribution in [0.15, 0.2) is 47.5 Å². The predicted molar refractivity (Wildman–Crippen MR) is 141 cm³/mol. The number of phenols is 1. The van der Waals surface area contributed by atoms with E-state index < -0.39 is 0 Å². The van der Waals surface area contributed by atoms with Crippen LogP contribution in [-0.2, 0) is 6.54 Å². The molecule has 0 spiro atoms. The van der Waals surface area contributed by atoms with Gasteiger partial charge in [0.25, 0.3) is 0 Å². The maximum absolute atomic E-state index is 9.90. The third kappa shape index (κ3) is 7.08. The molecule has 0 radical (unpaired) electrons. The Bertz CT molecular complexity index is 878. The molecule has 0 saturated carbocycles. The van der Waals surface area contributed by atoms with Crippen molar-refractivity contribution in [2.45, 2.75) is 39.3 Å². The van der Waals surface area contributed by atoms with Crippen molar-refractivity contribution < 1.29 is 14.6 Å². The number of hydrogen-bond acceptors (Lipinski definition) is 5. The Morgan fingerprint density at radius 2 is 2.00 bits per heavy atom. The molecule has 1 saturated heterocycles. The van der Waals surface area contributed by atoms with Crippen LogP contribution >= 0.6 is 24.0 Å². The third-order valence-electron chi connectivity index (χ3n) is 5.28. The molecule has 3 rings (SSSR count). The zero-order valence-corrected chi connectivity index (χ0v) is 21.5. The van der Waals surface area contributed by atoms with Crippen LogP contribution in [-0.4, -0.2) is 50.5 Å². The number of rotatable bonds is 8. The number of aliphatic imine (C=N–C) groups is 1. The molecule has 1 unspecified atom stereocenters. The molecule has 7 nitrogen and oxygen atoms in total. The van der Waals surface area contributed by atoms with E-state index in [9.17, 15) is 5.11 Å². The average Bonchev–Trinajstić information content (AvgIpc) is 2.80. The molecular weight excluding hydrogens is 519 g/mol. The SMILES string of the molecule is CCNC(=NCc1ccc(O)c(OCC)c1)NC1CCCN(c2ccccc2OC)C1.I. The van der Waals surface area contributed by atoms with Crippen molar-refractivity contribution in [3.63, 3.8) is 0 Å². The molecule has 3 N–H and O–H groups in total. The van der Waals surface area contributed by atoms with Crippen molar-refractivity contribution in [3.8, 4) is 17.2 Å². The van der Waals surface area contributed by atoms with Crippen molar-refractivity contribution in [2.75, 3.05) is 38.3 Å². The van der Waals surface area contributed by atoms with Gasteiger partial charge < -0.3 is 30.1 Å². The van der Waals surface area contributed by atoms with E-state index in [1.165, 1.54) is 0 Å². The van der Waals surface area contributed by atoms with Gasteiger partial charge >= 0.3 is 0 Å². The van der Waals surface area contributed by atoms with Crippen molar-refractivity contribution in [1.29, 1.82) is 0 Å². The molecule has 1 fully saturated rings. The van der Waals surface area contributed by atoms with Gasteiger partial charge in [-0.1, -0.05) is 18.2 Å². The van der Waals surface area contributed by atoms with E-state index in [-0.39, 0.29) is 35.8 Å². The number of nitrogens with one attached hydrogen (secondary N) is 2. The van der Waals surface area contributed by atoms with Gasteiger partial charge in [-0.05, 0) is 56.5 Å². The van der Waals surface area contributed by atoms with Gasteiger partial charge in [-0.3, -0.25) is 0 Å². The van der Waals surface area contributed by atoms with Gasteiger partial charge in [-0.15, -0.1) is 24.0 Å². The standard InChI is InChI=1S/C24H34N4O3.HI/c1-4-25-24(26-16-18-12-13-21(29)23(15-18)31-5-2)27-19-9-8-14-28(17-19)20-10-6-7-11-22(20)30-3;/h6-7,10-13,15,19,29H,4-5,8-9,14,16-17H2,1-3H3,(H2,25,26,27);1H. The largest absolute Gasteiger partial charge is 0.504 e. The van der Waals surface area contributed by atoms with E-state index in [1.807, 2.05) is 31.2 Å². The first kappa shape index (κ1) is 25.9. The van der Waals surface area contributed by atoms with Gasteiger partial charge in [0.05, 0.1) is 25.9 Å². The molecule has 1 atom stereocenters. The first-order valence-corrected chi connectivity index (χ1v) is 11.0. The molecule has 0 aromatic heterocycles. The van der Waals surface area contributed by atoms with Crippen LogP contribution in [0.1, 0.15) is 32.3 Å². The Kier molecular flexibility index (Phi) is 10.7. The van der Waals surface area contributed by atoms with Crippen LogP contribution in [0.5, 0.6) is 17.2 Å². The number of benzene rings is 2. The number of hydrogen-bond donors (Lipinski definition) is 3. The lowest BCUT2D eigenvalue weighted by molar-refractivity contribution is 0.318. The summed E-state index contributed by atoms with van der Waals surface area (Å²) in [7, 11) is 1.72. The summed E-state index contributed by atoms with van der Waals surface area (Å²) in [5, 5.41) is 16.8. The Hall–Kier alpha value is -2.36. The minimum absolute atomic E-state index is 0. The number of halogens is 1. The normalized spacial score (nSPS) is 16.2. The van der Waals surface area contributed by atoms with Crippen molar-refractivity contribution >= 4 is 35.6 Å². The number of nitrogens with zero attached hydrogens (tertiary/aromatic N) is 2. The van der Waals surface area contributed by atoms with Crippen LogP contribution in [0.3, 0.4) is 0 Å². The predicted octanol–water partition coefficient (Wildman–Crippen LogP) is 4.14. The van der Waals surface area contributed by atoms with Gasteiger partial charge in [0, 0.05) is 25.7 Å². The molecule has 1 heterocycles. The van der Waals surface area contributed by atoms with E-state index in [1.54, 1.807) is 13.2 Å². The minimum atomic E-state index is 0. The summed E-state index contributed by atoms with van der Waals surface area (Å²) in [6.45, 7) is 7.66. The van der Waals surface area contributed by atoms with Gasteiger partial charge in [0.15, 0.2) is 17.5 Å². The highest BCUT2D eigenvalue weighted by molar-refractivity contribution is 14.0. The number of para-hydroxylation sites is 2. The number of methoxy groups -OCH3 is 1. The number of aromatic hydroxyl groups is 1. The van der Waals surface area contributed by atoms with E-state index in [0.717, 1.165) is 55.4 Å². The molecule has 0 aliphatic carbocycles. The van der Waals surface area contributed by atoms with Gasteiger partial charge in [0.2, 0.25) is 0 Å². The maximum atomic E-state index is 9.90. The fraction of sp³-hybridized carbons (Fsp3) is 0.458. The van der Waals surface area contributed by atoms with Crippen molar-refractivity contribution in [1.82, 2.24) is 10.6 Å². The minimum Gasteiger partial charge on any atom is -0.504 e. The summed E-state index contributed by atoms with van der Waals surface area (Å²) >= 11 is 0. The highest BCUT2D eigenvalue weighted by Crippen LogP contribution is 2.30. The highest BCUT2D eigenvalue weighted by atomic mass is 127. The first-order chi connectivity index (χ1) is 15.1. The molecule has 2 aromatic carbocycles. The third-order valence-corrected chi connectivity index (χ3v) is 5.28. The van der Waals surface area contributed by atoms with Crippen LogP contribution in [0, 0.1) is 0 Å². The fourth-order valence-electron chi connectivity index (χ4n) is 3.82. The van der Waals surface area contributed by atoms with Gasteiger partial charge in [-0.25, -0.2) is 4.99 Å². The van der Waals surface area contributed by atoms with E-state index in [0.29, 0.717) is 18.9 Å². The molecule has 0 amide bonds. The molecule has 2 aromatic rings. The molecular formula is C24H35IN4O3. The number of piperidine rings is 1. The topological polar surface area (TPSA) is 78.4 Å². The smallest absolute Gasteiger partial charge is 0.191 e. The molecule has 8 heteroatoms. The highest BCUT2D eigenvalue weighted by Gasteiger charge is 2.22. The van der Waals surface area contributed by atoms with Gasteiger partial charge in [0.1, 0.15) is 5.75 Å². The zero-order valence-electron chi connectivity index (χ0n) is 19.1. The number of anilines is 1. The number of guanidine groups is 1.